The van der Waals surface area contributed by atoms with Crippen LogP contribution in [0.4, 0.5) is 4.39 Å². The summed E-state index contributed by atoms with van der Waals surface area (Å²) in [5.41, 5.74) is 1.82. The second-order valence-corrected chi connectivity index (χ2v) is 11.2. The van der Waals surface area contributed by atoms with Gasteiger partial charge in [-0.05, 0) is 86.2 Å². The number of carbonyl (C=O) groups excluding carboxylic acids is 1. The maximum absolute atomic E-state index is 13.7. The molecule has 2 aliphatic rings. The topological polar surface area (TPSA) is 32.3 Å². The summed E-state index contributed by atoms with van der Waals surface area (Å²) in [6.07, 6.45) is 6.66. The van der Waals surface area contributed by atoms with E-state index in [0.29, 0.717) is 18.0 Å². The lowest BCUT2D eigenvalue weighted by Crippen LogP contribution is -2.54. The first-order valence-corrected chi connectivity index (χ1v) is 12.6. The van der Waals surface area contributed by atoms with Crippen LogP contribution in [0.15, 0.2) is 54.6 Å². The van der Waals surface area contributed by atoms with Crippen molar-refractivity contribution in [3.8, 4) is 0 Å². The first kappa shape index (κ1) is 23.9. The fraction of sp³-hybridized carbons (Fsp3) is 0.552. The number of nitrogens with one attached hydrogen (secondary N) is 1. The number of hydrogen-bond acceptors (Lipinski definition) is 2. The highest BCUT2D eigenvalue weighted by Crippen LogP contribution is 2.42. The number of piperidine rings is 1. The van der Waals surface area contributed by atoms with Crippen LogP contribution in [0, 0.1) is 17.2 Å². The zero-order valence-corrected chi connectivity index (χ0v) is 20.4. The Morgan fingerprint density at radius 1 is 0.970 bits per heavy atom. The minimum Gasteiger partial charge on any atom is -0.351 e. The molecular formula is C29H39FN2O. The number of likely N-dealkylation sites (tertiary alicyclic amines) is 1. The van der Waals surface area contributed by atoms with Gasteiger partial charge in [0.15, 0.2) is 0 Å². The highest BCUT2D eigenvalue weighted by Gasteiger charge is 2.44. The molecule has 2 aromatic rings. The first-order valence-electron chi connectivity index (χ1n) is 12.6. The summed E-state index contributed by atoms with van der Waals surface area (Å²) < 4.78 is 13.7. The van der Waals surface area contributed by atoms with Crippen LogP contribution in [0.2, 0.25) is 0 Å². The molecule has 4 heteroatoms. The van der Waals surface area contributed by atoms with E-state index in [9.17, 15) is 9.18 Å². The minimum absolute atomic E-state index is 0.0639. The predicted molar refractivity (Wildman–Crippen MR) is 132 cm³/mol. The van der Waals surface area contributed by atoms with Gasteiger partial charge >= 0.3 is 0 Å². The number of benzene rings is 2. The van der Waals surface area contributed by atoms with E-state index in [0.717, 1.165) is 43.0 Å². The maximum Gasteiger partial charge on any atom is 0.231 e. The molecule has 1 amide bonds. The summed E-state index contributed by atoms with van der Waals surface area (Å²) in [6, 6.07) is 17.2. The van der Waals surface area contributed by atoms with Gasteiger partial charge < -0.3 is 10.2 Å². The van der Waals surface area contributed by atoms with Crippen LogP contribution < -0.4 is 5.32 Å². The summed E-state index contributed by atoms with van der Waals surface area (Å²) in [7, 11) is 0. The molecule has 0 spiro atoms. The fourth-order valence-corrected chi connectivity index (χ4v) is 5.94. The molecular weight excluding hydrogens is 411 g/mol. The van der Waals surface area contributed by atoms with Gasteiger partial charge in [-0.3, -0.25) is 4.79 Å². The van der Waals surface area contributed by atoms with E-state index in [4.69, 9.17) is 0 Å². The normalized spacial score (nSPS) is 23.8. The van der Waals surface area contributed by atoms with E-state index in [1.807, 2.05) is 42.5 Å². The fourth-order valence-electron chi connectivity index (χ4n) is 5.94. The lowest BCUT2D eigenvalue weighted by molar-refractivity contribution is -0.129. The van der Waals surface area contributed by atoms with Gasteiger partial charge in [-0.1, -0.05) is 63.2 Å². The number of rotatable bonds is 5. The van der Waals surface area contributed by atoms with Crippen molar-refractivity contribution in [1.82, 2.24) is 10.2 Å². The van der Waals surface area contributed by atoms with Crippen molar-refractivity contribution in [2.75, 3.05) is 13.1 Å². The van der Waals surface area contributed by atoms with Crippen LogP contribution in [-0.2, 0) is 16.8 Å². The largest absolute Gasteiger partial charge is 0.351 e. The Morgan fingerprint density at radius 3 is 2.15 bits per heavy atom. The molecule has 1 heterocycles. The molecule has 1 saturated heterocycles. The van der Waals surface area contributed by atoms with Crippen LogP contribution in [-0.4, -0.2) is 29.9 Å². The van der Waals surface area contributed by atoms with E-state index in [1.54, 1.807) is 0 Å². The number of carbonyl (C=O) groups is 1. The molecule has 2 aromatic carbocycles. The molecule has 33 heavy (non-hydrogen) atoms. The molecule has 1 N–H and O–H groups in total. The molecule has 3 nitrogen and oxygen atoms in total. The molecule has 0 bridgehead atoms. The SMILES string of the molecule is CC(C)(C)C1CCC(N2CCC(C(=O)NCc3ccccc3)(c3ccc(F)cc3)CC2)CC1. The second-order valence-electron chi connectivity index (χ2n) is 11.2. The monoisotopic (exact) mass is 450 g/mol. The van der Waals surface area contributed by atoms with Crippen molar-refractivity contribution in [3.05, 3.63) is 71.5 Å². The molecule has 0 aromatic heterocycles. The van der Waals surface area contributed by atoms with E-state index < -0.39 is 5.41 Å². The third kappa shape index (κ3) is 5.48. The molecule has 1 saturated carbocycles. The maximum atomic E-state index is 13.7. The molecule has 1 aliphatic heterocycles. The zero-order chi connectivity index (χ0) is 23.5. The van der Waals surface area contributed by atoms with Gasteiger partial charge in [0.05, 0.1) is 5.41 Å². The molecule has 0 atom stereocenters. The molecule has 4 rings (SSSR count). The van der Waals surface area contributed by atoms with E-state index >= 15 is 0 Å². The summed E-state index contributed by atoms with van der Waals surface area (Å²) in [6.45, 7) is 9.45. The molecule has 0 unspecified atom stereocenters. The Balaban J connectivity index is 1.45. The Labute approximate surface area is 198 Å². The summed E-state index contributed by atoms with van der Waals surface area (Å²) >= 11 is 0. The van der Waals surface area contributed by atoms with Gasteiger partial charge in [0, 0.05) is 12.6 Å². The van der Waals surface area contributed by atoms with Gasteiger partial charge in [-0.15, -0.1) is 0 Å². The van der Waals surface area contributed by atoms with Crippen LogP contribution in [0.25, 0.3) is 0 Å². The van der Waals surface area contributed by atoms with Crippen LogP contribution >= 0.6 is 0 Å². The van der Waals surface area contributed by atoms with Gasteiger partial charge in [0.25, 0.3) is 0 Å². The molecule has 1 aliphatic carbocycles. The standard InChI is InChI=1S/C29H39FN2O/c1-28(2,3)23-11-15-26(16-12-23)32-19-17-29(18-20-32,24-9-13-25(30)14-10-24)27(33)31-21-22-7-5-4-6-8-22/h4-10,13-14,23,26H,11-12,15-21H2,1-3H3,(H,31,33). The summed E-state index contributed by atoms with van der Waals surface area (Å²) in [5.74, 6) is 0.612. The van der Waals surface area contributed by atoms with Gasteiger partial charge in [-0.25, -0.2) is 4.39 Å². The van der Waals surface area contributed by atoms with Crippen molar-refractivity contribution in [3.63, 3.8) is 0 Å². The minimum atomic E-state index is -0.596. The number of nitrogens with zero attached hydrogens (tertiary/aromatic N) is 1. The highest BCUT2D eigenvalue weighted by atomic mass is 19.1. The van der Waals surface area contributed by atoms with Gasteiger partial charge in [0.2, 0.25) is 5.91 Å². The average Bonchev–Trinajstić information content (AvgIpc) is 2.83. The predicted octanol–water partition coefficient (Wildman–Crippen LogP) is 6.08. The van der Waals surface area contributed by atoms with Crippen molar-refractivity contribution < 1.29 is 9.18 Å². The van der Waals surface area contributed by atoms with Gasteiger partial charge in [-0.2, -0.15) is 0 Å². The third-order valence-electron chi connectivity index (χ3n) is 8.22. The summed E-state index contributed by atoms with van der Waals surface area (Å²) in [4.78, 5) is 16.2. The van der Waals surface area contributed by atoms with E-state index in [-0.39, 0.29) is 11.7 Å². The number of halogens is 1. The summed E-state index contributed by atoms with van der Waals surface area (Å²) in [5, 5.41) is 3.19. The lowest BCUT2D eigenvalue weighted by Gasteiger charge is -2.46. The molecule has 0 radical (unpaired) electrons. The second kappa shape index (κ2) is 9.97. The van der Waals surface area contributed by atoms with Crippen molar-refractivity contribution in [2.24, 2.45) is 11.3 Å². The zero-order valence-electron chi connectivity index (χ0n) is 20.4. The Hall–Kier alpha value is -2.20. The smallest absolute Gasteiger partial charge is 0.231 e. The number of hydrogen-bond donors (Lipinski definition) is 1. The number of amides is 1. The van der Waals surface area contributed by atoms with Crippen molar-refractivity contribution >= 4 is 5.91 Å². The van der Waals surface area contributed by atoms with Gasteiger partial charge in [0.1, 0.15) is 5.82 Å². The van der Waals surface area contributed by atoms with Crippen molar-refractivity contribution in [2.45, 2.75) is 77.3 Å². The molecule has 2 fully saturated rings. The molecule has 178 valence electrons. The van der Waals surface area contributed by atoms with Crippen molar-refractivity contribution in [1.29, 1.82) is 0 Å². The van der Waals surface area contributed by atoms with Crippen LogP contribution in [0.5, 0.6) is 0 Å². The lowest BCUT2D eigenvalue weighted by atomic mass is 9.69. The quantitative estimate of drug-likeness (QED) is 0.599. The Morgan fingerprint density at radius 2 is 1.58 bits per heavy atom. The highest BCUT2D eigenvalue weighted by molar-refractivity contribution is 5.88. The first-order chi connectivity index (χ1) is 15.8. The van der Waals surface area contributed by atoms with Crippen LogP contribution in [0.3, 0.4) is 0 Å². The Kier molecular flexibility index (Phi) is 7.23. The van der Waals surface area contributed by atoms with Crippen LogP contribution in [0.1, 0.15) is 70.4 Å². The van der Waals surface area contributed by atoms with E-state index in [2.05, 4.69) is 31.0 Å². The Bertz CT molecular complexity index is 903. The van der Waals surface area contributed by atoms with E-state index in [1.165, 1.54) is 37.8 Å². The third-order valence-corrected chi connectivity index (χ3v) is 8.22. The average molecular weight is 451 g/mol.